The zero-order chi connectivity index (χ0) is 9.14. The van der Waals surface area contributed by atoms with E-state index >= 15 is 0 Å². The van der Waals surface area contributed by atoms with Crippen molar-refractivity contribution in [2.75, 3.05) is 12.8 Å². The minimum Gasteiger partial charge on any atom is -0.382 e. The Labute approximate surface area is 70.5 Å². The molecule has 5 nitrogen and oxygen atoms in total. The summed E-state index contributed by atoms with van der Waals surface area (Å²) in [5, 5.41) is 6.47. The second kappa shape index (κ2) is 3.25. The van der Waals surface area contributed by atoms with Gasteiger partial charge in [0.1, 0.15) is 5.82 Å². The number of aromatic nitrogens is 2. The molecule has 1 aromatic rings. The maximum atomic E-state index is 10.8. The third-order valence-electron chi connectivity index (χ3n) is 1.60. The molecule has 0 fully saturated rings. The van der Waals surface area contributed by atoms with Crippen LogP contribution in [0.1, 0.15) is 12.6 Å². The highest BCUT2D eigenvalue weighted by Crippen LogP contribution is 2.02. The Morgan fingerprint density at radius 1 is 1.83 bits per heavy atom. The minimum atomic E-state index is 0.0168. The van der Waals surface area contributed by atoms with Crippen LogP contribution in [0.3, 0.4) is 0 Å². The van der Waals surface area contributed by atoms with Gasteiger partial charge in [-0.25, -0.2) is 0 Å². The number of nitrogens with one attached hydrogen (secondary N) is 1. The zero-order valence-corrected chi connectivity index (χ0v) is 7.16. The second-order valence-corrected chi connectivity index (χ2v) is 2.69. The van der Waals surface area contributed by atoms with E-state index in [0.29, 0.717) is 12.4 Å². The minimum absolute atomic E-state index is 0.0168. The van der Waals surface area contributed by atoms with E-state index in [1.165, 1.54) is 6.92 Å². The van der Waals surface area contributed by atoms with Crippen LogP contribution in [-0.4, -0.2) is 28.1 Å². The number of nitrogens with zero attached hydrogens (tertiary/aromatic N) is 2. The fourth-order valence-corrected chi connectivity index (χ4v) is 0.827. The molecule has 5 heteroatoms. The maximum absolute atomic E-state index is 10.8. The average Bonchev–Trinajstić information content (AvgIpc) is 2.35. The van der Waals surface area contributed by atoms with Gasteiger partial charge in [0.25, 0.3) is 0 Å². The van der Waals surface area contributed by atoms with Crippen molar-refractivity contribution in [1.82, 2.24) is 15.1 Å². The third-order valence-corrected chi connectivity index (χ3v) is 1.60. The number of hydrogen-bond acceptors (Lipinski definition) is 3. The summed E-state index contributed by atoms with van der Waals surface area (Å²) in [6.07, 6.45) is 0. The third kappa shape index (κ3) is 1.98. The predicted octanol–water partition coefficient (Wildman–Crippen LogP) is -0.0298. The molecule has 0 radical (unpaired) electrons. The second-order valence-electron chi connectivity index (χ2n) is 2.69. The lowest BCUT2D eigenvalue weighted by Gasteiger charge is -2.12. The van der Waals surface area contributed by atoms with E-state index in [2.05, 4.69) is 10.2 Å². The Kier molecular flexibility index (Phi) is 2.32. The molecule has 1 heterocycles. The van der Waals surface area contributed by atoms with Gasteiger partial charge in [-0.2, -0.15) is 5.10 Å². The molecule has 1 amide bonds. The summed E-state index contributed by atoms with van der Waals surface area (Å²) in [6.45, 7) is 2.03. The molecular weight excluding hydrogens is 156 g/mol. The molecule has 1 rings (SSSR count). The van der Waals surface area contributed by atoms with E-state index in [0.717, 1.165) is 5.69 Å². The summed E-state index contributed by atoms with van der Waals surface area (Å²) >= 11 is 0. The van der Waals surface area contributed by atoms with Crippen LogP contribution < -0.4 is 5.73 Å². The Morgan fingerprint density at radius 2 is 2.50 bits per heavy atom. The molecule has 0 saturated carbocycles. The van der Waals surface area contributed by atoms with Gasteiger partial charge in [0.15, 0.2) is 0 Å². The number of nitrogens with two attached hydrogens (primary N) is 1. The molecule has 0 aliphatic heterocycles. The van der Waals surface area contributed by atoms with Crippen LogP contribution >= 0.6 is 0 Å². The smallest absolute Gasteiger partial charge is 0.219 e. The number of carbonyl (C=O) groups is 1. The number of H-pyrrole nitrogens is 1. The summed E-state index contributed by atoms with van der Waals surface area (Å²) < 4.78 is 0. The Morgan fingerprint density at radius 3 is 2.92 bits per heavy atom. The van der Waals surface area contributed by atoms with Crippen molar-refractivity contribution in [2.45, 2.75) is 13.5 Å². The first-order valence-electron chi connectivity index (χ1n) is 3.61. The zero-order valence-electron chi connectivity index (χ0n) is 7.16. The SMILES string of the molecule is CC(=O)N(C)Cc1cc(N)n[nH]1. The molecule has 0 saturated heterocycles. The number of carbonyl (C=O) groups excluding carboxylic acids is 1. The van der Waals surface area contributed by atoms with Crippen LogP contribution in [0.25, 0.3) is 0 Å². The lowest BCUT2D eigenvalue weighted by Crippen LogP contribution is -2.23. The first-order valence-corrected chi connectivity index (χ1v) is 3.61. The molecule has 0 atom stereocenters. The fraction of sp³-hybridized carbons (Fsp3) is 0.429. The van der Waals surface area contributed by atoms with E-state index in [1.54, 1.807) is 18.0 Å². The lowest BCUT2D eigenvalue weighted by molar-refractivity contribution is -0.128. The van der Waals surface area contributed by atoms with Gasteiger partial charge in [0.2, 0.25) is 5.91 Å². The number of aromatic amines is 1. The molecule has 0 bridgehead atoms. The topological polar surface area (TPSA) is 75.0 Å². The van der Waals surface area contributed by atoms with E-state index in [9.17, 15) is 4.79 Å². The van der Waals surface area contributed by atoms with Gasteiger partial charge in [0.05, 0.1) is 12.2 Å². The number of anilines is 1. The van der Waals surface area contributed by atoms with Gasteiger partial charge in [0, 0.05) is 20.0 Å². The Bertz CT molecular complexity index is 281. The average molecular weight is 168 g/mol. The van der Waals surface area contributed by atoms with Gasteiger partial charge in [-0.05, 0) is 0 Å². The predicted molar refractivity (Wildman–Crippen MR) is 45.1 cm³/mol. The number of hydrogen-bond donors (Lipinski definition) is 2. The standard InChI is InChI=1S/C7H12N4O/c1-5(12)11(2)4-6-3-7(8)10-9-6/h3H,4H2,1-2H3,(H3,8,9,10). The Balaban J connectivity index is 2.58. The summed E-state index contributed by atoms with van der Waals surface area (Å²) in [7, 11) is 1.72. The summed E-state index contributed by atoms with van der Waals surface area (Å²) in [6, 6.07) is 1.71. The summed E-state index contributed by atoms with van der Waals surface area (Å²) in [4.78, 5) is 12.4. The van der Waals surface area contributed by atoms with Crippen molar-refractivity contribution < 1.29 is 4.79 Å². The normalized spacial score (nSPS) is 9.83. The van der Waals surface area contributed by atoms with Gasteiger partial charge in [-0.1, -0.05) is 0 Å². The van der Waals surface area contributed by atoms with E-state index in [4.69, 9.17) is 5.73 Å². The van der Waals surface area contributed by atoms with Crippen molar-refractivity contribution in [1.29, 1.82) is 0 Å². The monoisotopic (exact) mass is 168 g/mol. The van der Waals surface area contributed by atoms with Crippen LogP contribution in [-0.2, 0) is 11.3 Å². The molecule has 1 aromatic heterocycles. The number of nitrogen functional groups attached to an aromatic ring is 1. The fourth-order valence-electron chi connectivity index (χ4n) is 0.827. The van der Waals surface area contributed by atoms with Gasteiger partial charge in [-0.3, -0.25) is 9.89 Å². The molecule has 0 aliphatic rings. The molecule has 12 heavy (non-hydrogen) atoms. The van der Waals surface area contributed by atoms with Crippen LogP contribution in [0, 0.1) is 0 Å². The van der Waals surface area contributed by atoms with E-state index in [1.807, 2.05) is 0 Å². The first kappa shape index (κ1) is 8.58. The highest BCUT2D eigenvalue weighted by atomic mass is 16.2. The van der Waals surface area contributed by atoms with Crippen LogP contribution in [0.2, 0.25) is 0 Å². The first-order chi connectivity index (χ1) is 5.59. The molecule has 66 valence electrons. The molecule has 0 spiro atoms. The van der Waals surface area contributed by atoms with E-state index in [-0.39, 0.29) is 5.91 Å². The van der Waals surface area contributed by atoms with Crippen LogP contribution in [0.15, 0.2) is 6.07 Å². The van der Waals surface area contributed by atoms with Crippen molar-refractivity contribution in [3.8, 4) is 0 Å². The van der Waals surface area contributed by atoms with E-state index < -0.39 is 0 Å². The summed E-state index contributed by atoms with van der Waals surface area (Å²) in [5.41, 5.74) is 6.22. The van der Waals surface area contributed by atoms with Gasteiger partial charge in [-0.15, -0.1) is 0 Å². The van der Waals surface area contributed by atoms with Gasteiger partial charge >= 0.3 is 0 Å². The maximum Gasteiger partial charge on any atom is 0.219 e. The highest BCUT2D eigenvalue weighted by molar-refractivity contribution is 5.72. The van der Waals surface area contributed by atoms with Crippen molar-refractivity contribution in [2.24, 2.45) is 0 Å². The largest absolute Gasteiger partial charge is 0.382 e. The van der Waals surface area contributed by atoms with Crippen molar-refractivity contribution in [3.05, 3.63) is 11.8 Å². The van der Waals surface area contributed by atoms with Gasteiger partial charge < -0.3 is 10.6 Å². The van der Waals surface area contributed by atoms with Crippen LogP contribution in [0.4, 0.5) is 5.82 Å². The quantitative estimate of drug-likeness (QED) is 0.651. The van der Waals surface area contributed by atoms with Crippen LogP contribution in [0.5, 0.6) is 0 Å². The number of rotatable bonds is 2. The summed E-state index contributed by atoms with van der Waals surface area (Å²) in [5.74, 6) is 0.463. The van der Waals surface area contributed by atoms with Crippen molar-refractivity contribution in [3.63, 3.8) is 0 Å². The number of amides is 1. The molecule has 3 N–H and O–H groups in total. The lowest BCUT2D eigenvalue weighted by atomic mass is 10.4. The molecule has 0 aliphatic carbocycles. The molecular formula is C7H12N4O. The highest BCUT2D eigenvalue weighted by Gasteiger charge is 2.04. The molecule has 0 unspecified atom stereocenters. The van der Waals surface area contributed by atoms with Crippen molar-refractivity contribution >= 4 is 11.7 Å². The Hall–Kier alpha value is -1.52. The molecule has 0 aromatic carbocycles.